The van der Waals surface area contributed by atoms with Crippen LogP contribution in [-0.4, -0.2) is 11.9 Å². The SMILES string of the molecule is C[C@@H](NC(=O)NCc1cccc(C(=O)Nc2ccccc2)c1)c1ccc(F)cc1. The van der Waals surface area contributed by atoms with Crippen molar-refractivity contribution in [3.05, 3.63) is 101 Å². The molecule has 3 N–H and O–H groups in total. The first kappa shape index (κ1) is 20.1. The molecule has 0 aliphatic rings. The summed E-state index contributed by atoms with van der Waals surface area (Å²) in [7, 11) is 0. The second kappa shape index (κ2) is 9.50. The van der Waals surface area contributed by atoms with E-state index in [9.17, 15) is 14.0 Å². The summed E-state index contributed by atoms with van der Waals surface area (Å²) in [5.74, 6) is -0.533. The van der Waals surface area contributed by atoms with Crippen molar-refractivity contribution < 1.29 is 14.0 Å². The Kier molecular flexibility index (Phi) is 6.58. The summed E-state index contributed by atoms with van der Waals surface area (Å²) < 4.78 is 13.0. The smallest absolute Gasteiger partial charge is 0.315 e. The van der Waals surface area contributed by atoms with E-state index in [1.807, 2.05) is 43.3 Å². The molecule has 0 spiro atoms. The summed E-state index contributed by atoms with van der Waals surface area (Å²) >= 11 is 0. The molecule has 0 heterocycles. The Bertz CT molecular complexity index is 975. The Morgan fingerprint density at radius 2 is 1.66 bits per heavy atom. The van der Waals surface area contributed by atoms with Gasteiger partial charge in [0.25, 0.3) is 5.91 Å². The number of nitrogens with one attached hydrogen (secondary N) is 3. The van der Waals surface area contributed by atoms with Gasteiger partial charge < -0.3 is 16.0 Å². The van der Waals surface area contributed by atoms with Crippen molar-refractivity contribution in [3.63, 3.8) is 0 Å². The second-order valence-corrected chi connectivity index (χ2v) is 6.62. The summed E-state index contributed by atoms with van der Waals surface area (Å²) in [5.41, 5.74) is 2.83. The van der Waals surface area contributed by atoms with Gasteiger partial charge >= 0.3 is 6.03 Å². The van der Waals surface area contributed by atoms with Crippen LogP contribution in [0.2, 0.25) is 0 Å². The lowest BCUT2D eigenvalue weighted by Gasteiger charge is -2.15. The predicted octanol–water partition coefficient (Wildman–Crippen LogP) is 4.64. The van der Waals surface area contributed by atoms with Crippen LogP contribution in [0.15, 0.2) is 78.9 Å². The maximum atomic E-state index is 13.0. The van der Waals surface area contributed by atoms with E-state index in [1.165, 1.54) is 12.1 Å². The van der Waals surface area contributed by atoms with Crippen molar-refractivity contribution in [2.45, 2.75) is 19.5 Å². The van der Waals surface area contributed by atoms with E-state index < -0.39 is 0 Å². The average Bonchev–Trinajstić information content (AvgIpc) is 2.73. The normalized spacial score (nSPS) is 11.4. The topological polar surface area (TPSA) is 70.2 Å². The summed E-state index contributed by atoms with van der Waals surface area (Å²) in [4.78, 5) is 24.5. The predicted molar refractivity (Wildman–Crippen MR) is 111 cm³/mol. The van der Waals surface area contributed by atoms with Crippen LogP contribution in [0.4, 0.5) is 14.9 Å². The van der Waals surface area contributed by atoms with Crippen LogP contribution in [0.3, 0.4) is 0 Å². The van der Waals surface area contributed by atoms with Crippen LogP contribution in [0, 0.1) is 5.82 Å². The van der Waals surface area contributed by atoms with E-state index in [1.54, 1.807) is 30.3 Å². The fraction of sp³-hybridized carbons (Fsp3) is 0.130. The molecule has 3 amide bonds. The van der Waals surface area contributed by atoms with Gasteiger partial charge in [-0.3, -0.25) is 4.79 Å². The van der Waals surface area contributed by atoms with Gasteiger partial charge in [-0.2, -0.15) is 0 Å². The quantitative estimate of drug-likeness (QED) is 0.573. The van der Waals surface area contributed by atoms with Crippen molar-refractivity contribution in [2.24, 2.45) is 0 Å². The standard InChI is InChI=1S/C23H22FN3O2/c1-16(18-10-12-20(24)13-11-18)26-23(29)25-15-17-6-5-7-19(14-17)22(28)27-21-8-3-2-4-9-21/h2-14,16H,15H2,1H3,(H,27,28)(H2,25,26,29)/t16-/m1/s1. The highest BCUT2D eigenvalue weighted by atomic mass is 19.1. The lowest BCUT2D eigenvalue weighted by molar-refractivity contribution is 0.102. The Morgan fingerprint density at radius 3 is 2.38 bits per heavy atom. The molecular formula is C23H22FN3O2. The highest BCUT2D eigenvalue weighted by molar-refractivity contribution is 6.04. The molecule has 0 unspecified atom stereocenters. The third-order valence-corrected chi connectivity index (χ3v) is 4.39. The molecule has 0 aliphatic heterocycles. The van der Waals surface area contributed by atoms with Gasteiger partial charge in [0.15, 0.2) is 0 Å². The van der Waals surface area contributed by atoms with Crippen LogP contribution >= 0.6 is 0 Å². The number of rotatable bonds is 6. The summed E-state index contributed by atoms with van der Waals surface area (Å²) in [6, 6.07) is 21.6. The van der Waals surface area contributed by atoms with Gasteiger partial charge in [0.2, 0.25) is 0 Å². The number of halogens is 1. The number of hydrogen-bond donors (Lipinski definition) is 3. The van der Waals surface area contributed by atoms with Gasteiger partial charge in [-0.15, -0.1) is 0 Å². The fourth-order valence-electron chi connectivity index (χ4n) is 2.81. The minimum Gasteiger partial charge on any atom is -0.334 e. The van der Waals surface area contributed by atoms with Crippen LogP contribution in [0.1, 0.15) is 34.5 Å². The first-order valence-electron chi connectivity index (χ1n) is 9.26. The van der Waals surface area contributed by atoms with Crippen molar-refractivity contribution in [2.75, 3.05) is 5.32 Å². The third kappa shape index (κ3) is 5.90. The number of anilines is 1. The molecule has 29 heavy (non-hydrogen) atoms. The Labute approximate surface area is 169 Å². The number of carbonyl (C=O) groups is 2. The molecule has 0 aliphatic carbocycles. The van der Waals surface area contributed by atoms with E-state index in [-0.39, 0.29) is 30.3 Å². The van der Waals surface area contributed by atoms with E-state index in [0.29, 0.717) is 5.56 Å². The Balaban J connectivity index is 1.54. The van der Waals surface area contributed by atoms with Crippen LogP contribution in [-0.2, 0) is 6.54 Å². The molecule has 3 aromatic carbocycles. The molecule has 0 fully saturated rings. The fourth-order valence-corrected chi connectivity index (χ4v) is 2.81. The molecule has 148 valence electrons. The molecular weight excluding hydrogens is 369 g/mol. The van der Waals surface area contributed by atoms with E-state index in [2.05, 4.69) is 16.0 Å². The molecule has 6 heteroatoms. The lowest BCUT2D eigenvalue weighted by Crippen LogP contribution is -2.36. The van der Waals surface area contributed by atoms with Crippen molar-refractivity contribution in [1.29, 1.82) is 0 Å². The van der Waals surface area contributed by atoms with Crippen molar-refractivity contribution in [1.82, 2.24) is 10.6 Å². The van der Waals surface area contributed by atoms with Crippen molar-refractivity contribution in [3.8, 4) is 0 Å². The van der Waals surface area contributed by atoms with E-state index >= 15 is 0 Å². The highest BCUT2D eigenvalue weighted by Crippen LogP contribution is 2.13. The zero-order chi connectivity index (χ0) is 20.6. The van der Waals surface area contributed by atoms with E-state index in [0.717, 1.165) is 16.8 Å². The van der Waals surface area contributed by atoms with Crippen molar-refractivity contribution >= 4 is 17.6 Å². The van der Waals surface area contributed by atoms with E-state index in [4.69, 9.17) is 0 Å². The van der Waals surface area contributed by atoms with Gasteiger partial charge in [0.1, 0.15) is 5.82 Å². The zero-order valence-corrected chi connectivity index (χ0v) is 16.0. The minimum absolute atomic E-state index is 0.215. The Morgan fingerprint density at radius 1 is 0.931 bits per heavy atom. The Hall–Kier alpha value is -3.67. The van der Waals surface area contributed by atoms with Gasteiger partial charge in [-0.05, 0) is 54.4 Å². The monoisotopic (exact) mass is 391 g/mol. The summed E-state index contributed by atoms with van der Waals surface area (Å²) in [5, 5.41) is 8.41. The van der Waals surface area contributed by atoms with Crippen LogP contribution in [0.5, 0.6) is 0 Å². The molecule has 5 nitrogen and oxygen atoms in total. The number of amides is 3. The molecule has 1 atom stereocenters. The number of para-hydroxylation sites is 1. The largest absolute Gasteiger partial charge is 0.334 e. The molecule has 0 saturated carbocycles. The average molecular weight is 391 g/mol. The number of urea groups is 1. The van der Waals surface area contributed by atoms with Gasteiger partial charge in [-0.25, -0.2) is 9.18 Å². The lowest BCUT2D eigenvalue weighted by atomic mass is 10.1. The summed E-state index contributed by atoms with van der Waals surface area (Å²) in [6.07, 6.45) is 0. The van der Waals surface area contributed by atoms with Gasteiger partial charge in [0.05, 0.1) is 6.04 Å². The minimum atomic E-state index is -0.346. The highest BCUT2D eigenvalue weighted by Gasteiger charge is 2.10. The molecule has 0 aromatic heterocycles. The molecule has 3 rings (SSSR count). The third-order valence-electron chi connectivity index (χ3n) is 4.39. The molecule has 0 radical (unpaired) electrons. The maximum Gasteiger partial charge on any atom is 0.315 e. The molecule has 0 bridgehead atoms. The van der Waals surface area contributed by atoms with Gasteiger partial charge in [0, 0.05) is 17.8 Å². The van der Waals surface area contributed by atoms with Crippen LogP contribution in [0.25, 0.3) is 0 Å². The van der Waals surface area contributed by atoms with Gasteiger partial charge in [-0.1, -0.05) is 42.5 Å². The number of carbonyl (C=O) groups excluding carboxylic acids is 2. The van der Waals surface area contributed by atoms with Crippen LogP contribution < -0.4 is 16.0 Å². The maximum absolute atomic E-state index is 13.0. The second-order valence-electron chi connectivity index (χ2n) is 6.62. The first-order chi connectivity index (χ1) is 14.0. The zero-order valence-electron chi connectivity index (χ0n) is 16.0. The molecule has 0 saturated heterocycles. The number of hydrogen-bond acceptors (Lipinski definition) is 2. The molecule has 3 aromatic rings. The first-order valence-corrected chi connectivity index (χ1v) is 9.26. The number of benzene rings is 3. The summed E-state index contributed by atoms with van der Waals surface area (Å²) in [6.45, 7) is 2.09.